The predicted octanol–water partition coefficient (Wildman–Crippen LogP) is 1.27. The first-order chi connectivity index (χ1) is 5.81. The highest BCUT2D eigenvalue weighted by Crippen LogP contribution is 1.98. The third-order valence-corrected chi connectivity index (χ3v) is 1.33. The summed E-state index contributed by atoms with van der Waals surface area (Å²) in [6.45, 7) is 2.31. The maximum absolute atomic E-state index is 10.8. The lowest BCUT2D eigenvalue weighted by Crippen LogP contribution is -2.02. The van der Waals surface area contributed by atoms with Gasteiger partial charge < -0.3 is 9.84 Å². The van der Waals surface area contributed by atoms with Crippen molar-refractivity contribution < 1.29 is 14.6 Å². The van der Waals surface area contributed by atoms with Crippen molar-refractivity contribution in [3.8, 4) is 0 Å². The van der Waals surface area contributed by atoms with Gasteiger partial charge in [0.1, 0.15) is 0 Å². The summed E-state index contributed by atoms with van der Waals surface area (Å²) in [5, 5.41) is 8.38. The quantitative estimate of drug-likeness (QED) is 0.373. The number of carbonyl (C=O) groups is 1. The van der Waals surface area contributed by atoms with Crippen LogP contribution in [0.25, 0.3) is 0 Å². The molecule has 0 spiro atoms. The highest BCUT2D eigenvalue weighted by atomic mass is 16.5. The van der Waals surface area contributed by atoms with Gasteiger partial charge in [0.05, 0.1) is 13.2 Å². The van der Waals surface area contributed by atoms with E-state index in [0.29, 0.717) is 13.0 Å². The van der Waals surface area contributed by atoms with Gasteiger partial charge in [-0.2, -0.15) is 0 Å². The molecule has 0 saturated heterocycles. The van der Waals surface area contributed by atoms with Gasteiger partial charge in [0, 0.05) is 6.42 Å². The number of aliphatic hydroxyl groups is 1. The number of esters is 1. The summed E-state index contributed by atoms with van der Waals surface area (Å²) in [5.74, 6) is -0.144. The van der Waals surface area contributed by atoms with Gasteiger partial charge >= 0.3 is 5.97 Å². The Bertz CT molecular complexity index is 141. The fraction of sp³-hybridized carbons (Fsp3) is 0.667. The van der Waals surface area contributed by atoms with Crippen molar-refractivity contribution in [1.82, 2.24) is 0 Å². The minimum atomic E-state index is -0.144. The number of allylic oxidation sites excluding steroid dienone is 1. The Balaban J connectivity index is 3.19. The highest BCUT2D eigenvalue weighted by molar-refractivity contribution is 5.69. The molecule has 0 aromatic heterocycles. The van der Waals surface area contributed by atoms with Crippen molar-refractivity contribution in [2.24, 2.45) is 0 Å². The van der Waals surface area contributed by atoms with Crippen molar-refractivity contribution in [2.75, 3.05) is 13.2 Å². The molecular weight excluding hydrogens is 156 g/mol. The lowest BCUT2D eigenvalue weighted by molar-refractivity contribution is -0.143. The molecule has 1 N–H and O–H groups in total. The number of hydrogen-bond donors (Lipinski definition) is 1. The number of aliphatic hydroxyl groups excluding tert-OH is 1. The van der Waals surface area contributed by atoms with Crippen LogP contribution in [0.2, 0.25) is 0 Å². The van der Waals surface area contributed by atoms with Crippen LogP contribution in [0.15, 0.2) is 12.2 Å². The van der Waals surface area contributed by atoms with Crippen LogP contribution in [0.5, 0.6) is 0 Å². The molecule has 0 saturated carbocycles. The monoisotopic (exact) mass is 172 g/mol. The number of rotatable bonds is 6. The van der Waals surface area contributed by atoms with Crippen LogP contribution in [-0.4, -0.2) is 24.3 Å². The van der Waals surface area contributed by atoms with E-state index in [4.69, 9.17) is 9.84 Å². The lowest BCUT2D eigenvalue weighted by atomic mass is 10.2. The number of unbranched alkanes of at least 4 members (excludes halogenated alkanes) is 1. The van der Waals surface area contributed by atoms with Gasteiger partial charge in [-0.15, -0.1) is 0 Å². The van der Waals surface area contributed by atoms with E-state index >= 15 is 0 Å². The summed E-state index contributed by atoms with van der Waals surface area (Å²) in [7, 11) is 0. The normalized spacial score (nSPS) is 10.5. The van der Waals surface area contributed by atoms with Gasteiger partial charge in [-0.05, 0) is 19.8 Å². The number of hydrogen-bond acceptors (Lipinski definition) is 3. The fourth-order valence-corrected chi connectivity index (χ4v) is 0.790. The van der Waals surface area contributed by atoms with E-state index in [1.165, 1.54) is 0 Å². The van der Waals surface area contributed by atoms with E-state index in [1.54, 1.807) is 13.0 Å². The highest BCUT2D eigenvalue weighted by Gasteiger charge is 1.98. The minimum Gasteiger partial charge on any atom is -0.466 e. The predicted molar refractivity (Wildman–Crippen MR) is 46.7 cm³/mol. The van der Waals surface area contributed by atoms with Gasteiger partial charge in [0.25, 0.3) is 0 Å². The molecule has 0 atom stereocenters. The Labute approximate surface area is 73.0 Å². The van der Waals surface area contributed by atoms with Crippen LogP contribution in [0.3, 0.4) is 0 Å². The third kappa shape index (κ3) is 7.28. The largest absolute Gasteiger partial charge is 0.466 e. The molecular formula is C9H16O3. The van der Waals surface area contributed by atoms with E-state index < -0.39 is 0 Å². The first kappa shape index (κ1) is 11.2. The van der Waals surface area contributed by atoms with Crippen LogP contribution >= 0.6 is 0 Å². The van der Waals surface area contributed by atoms with Crippen molar-refractivity contribution in [2.45, 2.75) is 26.2 Å². The van der Waals surface area contributed by atoms with Crippen molar-refractivity contribution in [1.29, 1.82) is 0 Å². The molecule has 0 unspecified atom stereocenters. The van der Waals surface area contributed by atoms with Crippen molar-refractivity contribution in [3.63, 3.8) is 0 Å². The van der Waals surface area contributed by atoms with E-state index in [1.807, 2.05) is 6.08 Å². The van der Waals surface area contributed by atoms with Crippen molar-refractivity contribution >= 4 is 5.97 Å². The molecule has 0 amide bonds. The van der Waals surface area contributed by atoms with Gasteiger partial charge in [0.2, 0.25) is 0 Å². The molecule has 70 valence electrons. The molecule has 12 heavy (non-hydrogen) atoms. The molecule has 0 aliphatic heterocycles. The SMILES string of the molecule is CCOC(=O)CCCC=CCO. The maximum atomic E-state index is 10.8. The molecule has 0 aromatic rings. The summed E-state index contributed by atoms with van der Waals surface area (Å²) in [5.41, 5.74) is 0. The molecule has 0 heterocycles. The van der Waals surface area contributed by atoms with Crippen LogP contribution in [0.1, 0.15) is 26.2 Å². The smallest absolute Gasteiger partial charge is 0.305 e. The first-order valence-electron chi connectivity index (χ1n) is 4.22. The zero-order chi connectivity index (χ0) is 9.23. The zero-order valence-corrected chi connectivity index (χ0v) is 7.45. The van der Waals surface area contributed by atoms with E-state index in [-0.39, 0.29) is 12.6 Å². The fourth-order valence-electron chi connectivity index (χ4n) is 0.790. The molecule has 3 nitrogen and oxygen atoms in total. The summed E-state index contributed by atoms with van der Waals surface area (Å²) in [6, 6.07) is 0. The summed E-state index contributed by atoms with van der Waals surface area (Å²) in [6.07, 6.45) is 5.60. The standard InChI is InChI=1S/C9H16O3/c1-2-12-9(11)7-5-3-4-6-8-10/h4,6,10H,2-3,5,7-8H2,1H3. The van der Waals surface area contributed by atoms with Gasteiger partial charge in [0.15, 0.2) is 0 Å². The third-order valence-electron chi connectivity index (χ3n) is 1.33. The second-order valence-corrected chi connectivity index (χ2v) is 2.35. The van der Waals surface area contributed by atoms with Crippen LogP contribution in [-0.2, 0) is 9.53 Å². The first-order valence-corrected chi connectivity index (χ1v) is 4.22. The molecule has 0 aliphatic rings. The van der Waals surface area contributed by atoms with Gasteiger partial charge in [-0.3, -0.25) is 4.79 Å². The summed E-state index contributed by atoms with van der Waals surface area (Å²) >= 11 is 0. The molecule has 0 rings (SSSR count). The number of carbonyl (C=O) groups excluding carboxylic acids is 1. The van der Waals surface area contributed by atoms with Crippen molar-refractivity contribution in [3.05, 3.63) is 12.2 Å². The lowest BCUT2D eigenvalue weighted by Gasteiger charge is -1.98. The van der Waals surface area contributed by atoms with Crippen LogP contribution in [0, 0.1) is 0 Å². The number of ether oxygens (including phenoxy) is 1. The zero-order valence-electron chi connectivity index (χ0n) is 7.45. The van der Waals surface area contributed by atoms with E-state index in [2.05, 4.69) is 0 Å². The molecule has 0 bridgehead atoms. The van der Waals surface area contributed by atoms with Crippen LogP contribution in [0.4, 0.5) is 0 Å². The molecule has 0 radical (unpaired) electrons. The molecule has 0 fully saturated rings. The summed E-state index contributed by atoms with van der Waals surface area (Å²) < 4.78 is 4.74. The van der Waals surface area contributed by atoms with Gasteiger partial charge in [-0.25, -0.2) is 0 Å². The average molecular weight is 172 g/mol. The van der Waals surface area contributed by atoms with E-state index in [9.17, 15) is 4.79 Å². The Morgan fingerprint density at radius 2 is 2.25 bits per heavy atom. The molecule has 0 aromatic carbocycles. The Morgan fingerprint density at radius 3 is 2.83 bits per heavy atom. The molecule has 3 heteroatoms. The van der Waals surface area contributed by atoms with E-state index in [0.717, 1.165) is 12.8 Å². The topological polar surface area (TPSA) is 46.5 Å². The summed E-state index contributed by atoms with van der Waals surface area (Å²) in [4.78, 5) is 10.8. The second kappa shape index (κ2) is 8.27. The van der Waals surface area contributed by atoms with Crippen LogP contribution < -0.4 is 0 Å². The average Bonchev–Trinajstić information content (AvgIpc) is 2.05. The second-order valence-electron chi connectivity index (χ2n) is 2.35. The van der Waals surface area contributed by atoms with Gasteiger partial charge in [-0.1, -0.05) is 12.2 Å². The molecule has 0 aliphatic carbocycles. The Hall–Kier alpha value is -0.830. The Kier molecular flexibility index (Phi) is 7.70. The minimum absolute atomic E-state index is 0.0689. The maximum Gasteiger partial charge on any atom is 0.305 e. The Morgan fingerprint density at radius 1 is 1.50 bits per heavy atom.